The van der Waals surface area contributed by atoms with Gasteiger partial charge in [0.25, 0.3) is 0 Å². The van der Waals surface area contributed by atoms with Crippen LogP contribution in [0.1, 0.15) is 63.0 Å². The summed E-state index contributed by atoms with van der Waals surface area (Å²) in [5, 5.41) is 4.65. The van der Waals surface area contributed by atoms with Gasteiger partial charge in [-0.1, -0.05) is 114 Å². The first-order valence-corrected chi connectivity index (χ1v) is 16.1. The fraction of sp³-hybridized carbons (Fsp3) is 0.205. The summed E-state index contributed by atoms with van der Waals surface area (Å²) in [6.45, 7) is 13.5. The first kappa shape index (κ1) is 28.9. The fourth-order valence-corrected chi connectivity index (χ4v) is 7.30. The Morgan fingerprint density at radius 1 is 0.605 bits per heavy atom. The van der Waals surface area contributed by atoms with E-state index in [4.69, 9.17) is 4.52 Å². The lowest BCUT2D eigenvalue weighted by atomic mass is 9.85. The zero-order valence-electron chi connectivity index (χ0n) is 25.8. The summed E-state index contributed by atoms with van der Waals surface area (Å²) in [6.07, 6.45) is 0.890. The maximum absolute atomic E-state index is 12.0. The SMILES string of the molecule is CC(C)(C)c1ccc2c(c1)c1cc(C(C)(C)C)ccc1n2-c1ccc(C=O)cc1OP(c1ccccc1)c1ccccc1. The Morgan fingerprint density at radius 2 is 1.09 bits per heavy atom. The number of hydrogen-bond acceptors (Lipinski definition) is 2. The number of aromatic nitrogens is 1. The highest BCUT2D eigenvalue weighted by atomic mass is 31.1. The lowest BCUT2D eigenvalue weighted by Crippen LogP contribution is -2.16. The van der Waals surface area contributed by atoms with Gasteiger partial charge in [-0.05, 0) is 64.4 Å². The lowest BCUT2D eigenvalue weighted by molar-refractivity contribution is 0.112. The average Bonchev–Trinajstić information content (AvgIpc) is 3.32. The van der Waals surface area contributed by atoms with Crippen molar-refractivity contribution in [3.05, 3.63) is 132 Å². The number of aldehydes is 1. The molecular formula is C39H38NO2P. The van der Waals surface area contributed by atoms with Crippen LogP contribution in [0, 0.1) is 0 Å². The van der Waals surface area contributed by atoms with Crippen molar-refractivity contribution in [3.63, 3.8) is 0 Å². The lowest BCUT2D eigenvalue weighted by Gasteiger charge is -2.23. The molecule has 0 N–H and O–H groups in total. The van der Waals surface area contributed by atoms with Gasteiger partial charge in [0.15, 0.2) is 8.15 Å². The minimum Gasteiger partial charge on any atom is -0.462 e. The number of nitrogens with zero attached hydrogens (tertiary/aromatic N) is 1. The normalized spacial score (nSPS) is 12.3. The molecule has 0 atom stereocenters. The first-order valence-electron chi connectivity index (χ1n) is 14.8. The van der Waals surface area contributed by atoms with Crippen molar-refractivity contribution >= 4 is 46.8 Å². The number of rotatable bonds is 6. The van der Waals surface area contributed by atoms with Gasteiger partial charge in [0, 0.05) is 26.9 Å². The quantitative estimate of drug-likeness (QED) is 0.144. The van der Waals surface area contributed by atoms with E-state index in [1.807, 2.05) is 54.6 Å². The van der Waals surface area contributed by atoms with Crippen LogP contribution in [0.2, 0.25) is 0 Å². The molecule has 0 fully saturated rings. The van der Waals surface area contributed by atoms with Crippen LogP contribution in [0.3, 0.4) is 0 Å². The molecule has 0 unspecified atom stereocenters. The summed E-state index contributed by atoms with van der Waals surface area (Å²) in [7, 11) is -1.19. The van der Waals surface area contributed by atoms with E-state index < -0.39 is 8.15 Å². The maximum atomic E-state index is 12.0. The summed E-state index contributed by atoms with van der Waals surface area (Å²) >= 11 is 0. The molecule has 216 valence electrons. The molecule has 4 heteroatoms. The molecule has 0 bridgehead atoms. The standard InChI is InChI=1S/C39H38NO2P/c1-38(2,3)28-18-21-34-32(24-28)33-25-29(39(4,5)6)19-22-35(33)40(34)36-20-17-27(26-41)23-37(36)42-43(30-13-9-7-10-14-30)31-15-11-8-12-16-31/h7-26H,1-6H3. The summed E-state index contributed by atoms with van der Waals surface area (Å²) in [4.78, 5) is 12.0. The Balaban J connectivity index is 1.62. The van der Waals surface area contributed by atoms with Gasteiger partial charge in [-0.2, -0.15) is 0 Å². The summed E-state index contributed by atoms with van der Waals surface area (Å²) in [6, 6.07) is 40.1. The van der Waals surface area contributed by atoms with Gasteiger partial charge >= 0.3 is 0 Å². The van der Waals surface area contributed by atoms with E-state index >= 15 is 0 Å². The monoisotopic (exact) mass is 583 g/mol. The number of benzene rings is 5. The zero-order chi connectivity index (χ0) is 30.4. The predicted octanol–water partition coefficient (Wildman–Crippen LogP) is 9.62. The minimum atomic E-state index is -1.19. The molecule has 1 aromatic heterocycles. The van der Waals surface area contributed by atoms with Crippen molar-refractivity contribution in [1.82, 2.24) is 4.57 Å². The summed E-state index contributed by atoms with van der Waals surface area (Å²) in [5.41, 5.74) is 6.35. The third kappa shape index (κ3) is 5.63. The minimum absolute atomic E-state index is 0.0192. The molecule has 0 spiro atoms. The molecule has 0 aliphatic rings. The van der Waals surface area contributed by atoms with E-state index in [0.29, 0.717) is 11.3 Å². The van der Waals surface area contributed by atoms with Crippen LogP contribution in [-0.2, 0) is 10.8 Å². The second-order valence-corrected chi connectivity index (χ2v) is 15.0. The highest BCUT2D eigenvalue weighted by Crippen LogP contribution is 2.43. The maximum Gasteiger partial charge on any atom is 0.150 e. The Hall–Kier alpha value is -4.20. The topological polar surface area (TPSA) is 31.2 Å². The van der Waals surface area contributed by atoms with E-state index in [-0.39, 0.29) is 10.8 Å². The number of hydrogen-bond donors (Lipinski definition) is 0. The zero-order valence-corrected chi connectivity index (χ0v) is 26.7. The molecule has 0 saturated carbocycles. The van der Waals surface area contributed by atoms with Crippen molar-refractivity contribution in [3.8, 4) is 11.4 Å². The van der Waals surface area contributed by atoms with Crippen LogP contribution in [0.5, 0.6) is 5.75 Å². The number of fused-ring (bicyclic) bond motifs is 3. The van der Waals surface area contributed by atoms with E-state index in [0.717, 1.165) is 33.6 Å². The van der Waals surface area contributed by atoms with Gasteiger partial charge < -0.3 is 9.09 Å². The highest BCUT2D eigenvalue weighted by Gasteiger charge is 2.24. The Labute approximate surface area is 256 Å². The van der Waals surface area contributed by atoms with Crippen LogP contribution in [0.4, 0.5) is 0 Å². The average molecular weight is 584 g/mol. The van der Waals surface area contributed by atoms with Crippen LogP contribution in [0.15, 0.2) is 115 Å². The molecule has 0 radical (unpaired) electrons. The Kier molecular flexibility index (Phi) is 7.48. The fourth-order valence-electron chi connectivity index (χ4n) is 5.56. The van der Waals surface area contributed by atoms with Crippen LogP contribution >= 0.6 is 8.15 Å². The van der Waals surface area contributed by atoms with Crippen molar-refractivity contribution in [1.29, 1.82) is 0 Å². The van der Waals surface area contributed by atoms with E-state index in [1.54, 1.807) is 0 Å². The van der Waals surface area contributed by atoms with E-state index in [1.165, 1.54) is 21.9 Å². The van der Waals surface area contributed by atoms with Crippen molar-refractivity contribution in [2.75, 3.05) is 0 Å². The molecule has 0 aliphatic heterocycles. The van der Waals surface area contributed by atoms with Crippen molar-refractivity contribution in [2.24, 2.45) is 0 Å². The molecule has 6 aromatic rings. The highest BCUT2D eigenvalue weighted by molar-refractivity contribution is 7.68. The first-order chi connectivity index (χ1) is 20.5. The van der Waals surface area contributed by atoms with E-state index in [9.17, 15) is 4.79 Å². The van der Waals surface area contributed by atoms with Crippen LogP contribution in [-0.4, -0.2) is 10.9 Å². The molecule has 1 heterocycles. The predicted molar refractivity (Wildman–Crippen MR) is 183 cm³/mol. The molecule has 3 nitrogen and oxygen atoms in total. The van der Waals surface area contributed by atoms with Gasteiger partial charge in [-0.3, -0.25) is 4.79 Å². The van der Waals surface area contributed by atoms with Gasteiger partial charge in [0.05, 0.1) is 16.7 Å². The number of carbonyl (C=O) groups is 1. The second-order valence-electron chi connectivity index (χ2n) is 13.2. The third-order valence-electron chi connectivity index (χ3n) is 8.03. The van der Waals surface area contributed by atoms with Crippen LogP contribution in [0.25, 0.3) is 27.5 Å². The van der Waals surface area contributed by atoms with Crippen LogP contribution < -0.4 is 15.1 Å². The van der Waals surface area contributed by atoms with E-state index in [2.05, 4.69) is 107 Å². The number of carbonyl (C=O) groups excluding carboxylic acids is 1. The Bertz CT molecular complexity index is 1820. The van der Waals surface area contributed by atoms with Gasteiger partial charge in [-0.15, -0.1) is 0 Å². The molecule has 0 saturated heterocycles. The molecule has 6 rings (SSSR count). The van der Waals surface area contributed by atoms with Gasteiger partial charge in [0.1, 0.15) is 12.0 Å². The summed E-state index contributed by atoms with van der Waals surface area (Å²) < 4.78 is 9.33. The van der Waals surface area contributed by atoms with Crippen molar-refractivity contribution in [2.45, 2.75) is 52.4 Å². The molecule has 43 heavy (non-hydrogen) atoms. The van der Waals surface area contributed by atoms with Crippen molar-refractivity contribution < 1.29 is 9.32 Å². The molecular weight excluding hydrogens is 545 g/mol. The van der Waals surface area contributed by atoms with Gasteiger partial charge in [-0.25, -0.2) is 0 Å². The van der Waals surface area contributed by atoms with Gasteiger partial charge in [0.2, 0.25) is 0 Å². The smallest absolute Gasteiger partial charge is 0.150 e. The molecule has 0 aliphatic carbocycles. The molecule has 0 amide bonds. The second kappa shape index (κ2) is 11.1. The Morgan fingerprint density at radius 3 is 1.53 bits per heavy atom. The largest absolute Gasteiger partial charge is 0.462 e. The third-order valence-corrected chi connectivity index (χ3v) is 9.94. The molecule has 5 aromatic carbocycles. The summed E-state index contributed by atoms with van der Waals surface area (Å²) in [5.74, 6) is 0.682.